The number of amides is 1. The van der Waals surface area contributed by atoms with E-state index in [1.54, 1.807) is 34.6 Å². The molecule has 18 atom stereocenters. The molecule has 4 saturated heterocycles. The molecule has 0 aromatic heterocycles. The zero-order chi connectivity index (χ0) is 47.9. The van der Waals surface area contributed by atoms with Gasteiger partial charge in [-0.15, -0.1) is 0 Å². The van der Waals surface area contributed by atoms with Gasteiger partial charge >= 0.3 is 5.97 Å². The predicted molar refractivity (Wildman–Crippen MR) is 239 cm³/mol. The number of rotatable bonds is 13. The standard InChI is InChI=1S/C47H87N3O14/c1-15-35-47(10,56)39(51)31(6)50(13)26-27(2)24-45(8,55)41(29(4)37(30(5)43(54)62-35)63-36-25-46(9,57-14)40(52)32(7)61-36)64-44-38(34(49(11)12)23-28(3)60-44)59-20-16-19-48-42(53)33-17-21-58-22-18-33/h27-41,44,51-52,55-56H,15-26H2,1-14H3,(H,48,53)/t27-,28-,29+,30-,31-,32+,34+,35-,36+,37+,38?,39-,40+,41-,44+,45-,46-,47-/m1/s1. The van der Waals surface area contributed by atoms with Crippen LogP contribution in [0.5, 0.6) is 0 Å². The molecule has 0 aromatic rings. The van der Waals surface area contributed by atoms with Gasteiger partial charge in [0.25, 0.3) is 0 Å². The van der Waals surface area contributed by atoms with Gasteiger partial charge in [0.2, 0.25) is 5.91 Å². The van der Waals surface area contributed by atoms with Crippen molar-refractivity contribution in [2.45, 2.75) is 204 Å². The Balaban J connectivity index is 1.75. The van der Waals surface area contributed by atoms with Gasteiger partial charge in [-0.05, 0) is 114 Å². The summed E-state index contributed by atoms with van der Waals surface area (Å²) >= 11 is 0. The molecule has 64 heavy (non-hydrogen) atoms. The molecule has 0 spiro atoms. The first-order chi connectivity index (χ1) is 29.9. The number of aliphatic hydroxyl groups excluding tert-OH is 2. The molecule has 4 aliphatic heterocycles. The summed E-state index contributed by atoms with van der Waals surface area (Å²) in [7, 11) is 7.34. The molecule has 4 rings (SSSR count). The number of nitrogens with zero attached hydrogens (tertiary/aromatic N) is 2. The smallest absolute Gasteiger partial charge is 0.311 e. The Labute approximate surface area is 383 Å². The highest BCUT2D eigenvalue weighted by Gasteiger charge is 2.53. The fraction of sp³-hybridized carbons (Fsp3) is 0.957. The van der Waals surface area contributed by atoms with Gasteiger partial charge in [0.05, 0.1) is 41.5 Å². The van der Waals surface area contributed by atoms with Gasteiger partial charge in [0, 0.05) is 70.4 Å². The van der Waals surface area contributed by atoms with Crippen LogP contribution in [0.4, 0.5) is 0 Å². The molecule has 1 unspecified atom stereocenters. The SMILES string of the molecule is CC[C@H]1OC(=O)[C@H](C)[C@@H](O[C@H]2C[C@@](C)(OC)[C@@H](O)[C@H](C)O2)[C@H](C)[C@@H](O[C@@H]2O[C@H](C)C[C@H](N(C)C)C2OCCCNC(=O)C2CCOCC2)[C@](C)(O)C[C@@H](C)CN(C)[C@H](C)[C@@H](O)[C@]1(C)O. The number of esters is 1. The first-order valence-corrected chi connectivity index (χ1v) is 23.9. The third-order valence-electron chi connectivity index (χ3n) is 14.7. The van der Waals surface area contributed by atoms with Crippen molar-refractivity contribution in [1.29, 1.82) is 0 Å². The highest BCUT2D eigenvalue weighted by Crippen LogP contribution is 2.40. The quantitative estimate of drug-likeness (QED) is 0.133. The van der Waals surface area contributed by atoms with Crippen LogP contribution in [-0.4, -0.2) is 194 Å². The molecule has 0 saturated carbocycles. The molecular weight excluding hydrogens is 831 g/mol. The lowest BCUT2D eigenvalue weighted by Gasteiger charge is -2.49. The van der Waals surface area contributed by atoms with Crippen molar-refractivity contribution in [1.82, 2.24) is 15.1 Å². The number of ether oxygens (including phenoxy) is 8. The fourth-order valence-electron chi connectivity index (χ4n) is 10.5. The summed E-state index contributed by atoms with van der Waals surface area (Å²) in [5, 5.41) is 50.5. The number of cyclic esters (lactones) is 1. The third-order valence-corrected chi connectivity index (χ3v) is 14.7. The van der Waals surface area contributed by atoms with Crippen LogP contribution in [0.15, 0.2) is 0 Å². The predicted octanol–water partition coefficient (Wildman–Crippen LogP) is 2.86. The van der Waals surface area contributed by atoms with Gasteiger partial charge in [-0.2, -0.15) is 0 Å². The van der Waals surface area contributed by atoms with E-state index in [9.17, 15) is 30.0 Å². The molecule has 0 aliphatic carbocycles. The molecule has 4 fully saturated rings. The summed E-state index contributed by atoms with van der Waals surface area (Å²) < 4.78 is 50.9. The molecule has 4 aliphatic rings. The normalized spacial score (nSPS) is 44.2. The van der Waals surface area contributed by atoms with E-state index in [4.69, 9.17) is 37.9 Å². The molecule has 0 bridgehead atoms. The van der Waals surface area contributed by atoms with Crippen molar-refractivity contribution in [3.63, 3.8) is 0 Å². The number of aliphatic hydroxyl groups is 4. The van der Waals surface area contributed by atoms with Crippen LogP contribution >= 0.6 is 0 Å². The van der Waals surface area contributed by atoms with Crippen molar-refractivity contribution in [2.75, 3.05) is 61.2 Å². The number of likely N-dealkylation sites (N-methyl/N-ethyl adjacent to an activating group) is 2. The van der Waals surface area contributed by atoms with E-state index < -0.39 is 96.0 Å². The highest BCUT2D eigenvalue weighted by molar-refractivity contribution is 5.78. The molecule has 0 aromatic carbocycles. The molecule has 374 valence electrons. The molecule has 0 radical (unpaired) electrons. The van der Waals surface area contributed by atoms with E-state index in [0.717, 1.165) is 0 Å². The maximum absolute atomic E-state index is 14.5. The van der Waals surface area contributed by atoms with E-state index in [1.807, 2.05) is 53.7 Å². The molecular formula is C47H87N3O14. The maximum atomic E-state index is 14.5. The Morgan fingerprint density at radius 1 is 0.953 bits per heavy atom. The van der Waals surface area contributed by atoms with E-state index in [2.05, 4.69) is 10.2 Å². The van der Waals surface area contributed by atoms with Crippen molar-refractivity contribution >= 4 is 11.9 Å². The number of hydrogen-bond acceptors (Lipinski definition) is 16. The third kappa shape index (κ3) is 13.6. The van der Waals surface area contributed by atoms with Crippen LogP contribution in [0.1, 0.15) is 114 Å². The monoisotopic (exact) mass is 918 g/mol. The van der Waals surface area contributed by atoms with Gasteiger partial charge in [0.15, 0.2) is 12.6 Å². The maximum Gasteiger partial charge on any atom is 0.311 e. The van der Waals surface area contributed by atoms with E-state index in [0.29, 0.717) is 58.6 Å². The number of methoxy groups -OCH3 is 1. The summed E-state index contributed by atoms with van der Waals surface area (Å²) in [6.07, 6.45) is -5.66. The Hall–Kier alpha value is -1.58. The number of hydrogen-bond donors (Lipinski definition) is 5. The molecule has 5 N–H and O–H groups in total. The van der Waals surface area contributed by atoms with Crippen molar-refractivity contribution in [3.8, 4) is 0 Å². The minimum Gasteiger partial charge on any atom is -0.459 e. The molecule has 17 heteroatoms. The van der Waals surface area contributed by atoms with Crippen LogP contribution in [0.25, 0.3) is 0 Å². The van der Waals surface area contributed by atoms with E-state index >= 15 is 0 Å². The minimum absolute atomic E-state index is 0.0267. The number of nitrogens with one attached hydrogen (secondary N) is 1. The second-order valence-corrected chi connectivity index (χ2v) is 20.5. The second-order valence-electron chi connectivity index (χ2n) is 20.5. The summed E-state index contributed by atoms with van der Waals surface area (Å²) in [6.45, 7) is 20.2. The van der Waals surface area contributed by atoms with Crippen LogP contribution in [0.3, 0.4) is 0 Å². The average Bonchev–Trinajstić information content (AvgIpc) is 3.24. The van der Waals surface area contributed by atoms with Crippen LogP contribution in [-0.2, 0) is 47.5 Å². The summed E-state index contributed by atoms with van der Waals surface area (Å²) in [5.41, 5.74) is -4.43. The van der Waals surface area contributed by atoms with Crippen LogP contribution in [0, 0.1) is 23.7 Å². The van der Waals surface area contributed by atoms with E-state index in [1.165, 1.54) is 14.0 Å². The van der Waals surface area contributed by atoms with Gasteiger partial charge < -0.3 is 73.4 Å². The number of carbonyl (C=O) groups excluding carboxylic acids is 2. The Morgan fingerprint density at radius 3 is 2.22 bits per heavy atom. The van der Waals surface area contributed by atoms with Crippen molar-refractivity contribution in [2.24, 2.45) is 23.7 Å². The lowest BCUT2D eigenvalue weighted by molar-refractivity contribution is -0.321. The van der Waals surface area contributed by atoms with Gasteiger partial charge in [0.1, 0.15) is 30.0 Å². The van der Waals surface area contributed by atoms with Crippen molar-refractivity contribution < 1.29 is 67.9 Å². The number of carbonyl (C=O) groups is 2. The summed E-state index contributed by atoms with van der Waals surface area (Å²) in [6, 6.07) is -0.688. The largest absolute Gasteiger partial charge is 0.459 e. The minimum atomic E-state index is -1.82. The average molecular weight is 918 g/mol. The first kappa shape index (κ1) is 55.0. The fourth-order valence-corrected chi connectivity index (χ4v) is 10.5. The lowest BCUT2D eigenvalue weighted by atomic mass is 9.77. The van der Waals surface area contributed by atoms with Gasteiger partial charge in [-0.1, -0.05) is 20.8 Å². The van der Waals surface area contributed by atoms with Crippen LogP contribution in [0.2, 0.25) is 0 Å². The zero-order valence-electron chi connectivity index (χ0n) is 41.5. The van der Waals surface area contributed by atoms with Gasteiger partial charge in [-0.3, -0.25) is 9.59 Å². The second kappa shape index (κ2) is 23.6. The molecule has 4 heterocycles. The molecule has 1 amide bonds. The topological polar surface area (TPSA) is 207 Å². The van der Waals surface area contributed by atoms with E-state index in [-0.39, 0.29) is 49.2 Å². The Morgan fingerprint density at radius 2 is 1.61 bits per heavy atom. The Bertz CT molecular complexity index is 1450. The first-order valence-electron chi connectivity index (χ1n) is 23.9. The van der Waals surface area contributed by atoms with Crippen LogP contribution < -0.4 is 5.32 Å². The molecule has 17 nitrogen and oxygen atoms in total. The zero-order valence-corrected chi connectivity index (χ0v) is 41.5. The highest BCUT2D eigenvalue weighted by atomic mass is 16.7. The lowest BCUT2D eigenvalue weighted by Crippen LogP contribution is -2.61. The van der Waals surface area contributed by atoms with Crippen molar-refractivity contribution in [3.05, 3.63) is 0 Å². The van der Waals surface area contributed by atoms with Gasteiger partial charge in [-0.25, -0.2) is 0 Å². The summed E-state index contributed by atoms with van der Waals surface area (Å²) in [4.78, 5) is 31.4. The summed E-state index contributed by atoms with van der Waals surface area (Å²) in [5.74, 6) is -2.64. The Kier molecular flexibility index (Phi) is 20.3.